The van der Waals surface area contributed by atoms with Gasteiger partial charge in [0.2, 0.25) is 0 Å². The Labute approximate surface area is 211 Å². The van der Waals surface area contributed by atoms with Crippen molar-refractivity contribution < 1.29 is 4.74 Å². The van der Waals surface area contributed by atoms with Crippen LogP contribution in [0.1, 0.15) is 11.1 Å². The van der Waals surface area contributed by atoms with Gasteiger partial charge in [0.25, 0.3) is 0 Å². The minimum atomic E-state index is 0.809. The first-order chi connectivity index (χ1) is 17.5. The number of nitrogens with zero attached hydrogens (tertiary/aromatic N) is 5. The molecule has 2 aromatic heterocycles. The lowest BCUT2D eigenvalue weighted by Gasteiger charge is -2.34. The molecule has 1 saturated heterocycles. The minimum Gasteiger partial charge on any atom is -0.497 e. The number of likely N-dealkylation sites (N-methyl/N-ethyl adjacent to an activating group) is 1. The molecule has 0 bridgehead atoms. The van der Waals surface area contributed by atoms with Crippen LogP contribution in [0.15, 0.2) is 66.9 Å². The Balaban J connectivity index is 1.58. The van der Waals surface area contributed by atoms with Gasteiger partial charge in [-0.15, -0.1) is 0 Å². The third-order valence-electron chi connectivity index (χ3n) is 7.44. The van der Waals surface area contributed by atoms with E-state index < -0.39 is 0 Å². The van der Waals surface area contributed by atoms with Gasteiger partial charge in [0.15, 0.2) is 0 Å². The monoisotopic (exact) mass is 477 g/mol. The molecule has 0 atom stereocenters. The van der Waals surface area contributed by atoms with Gasteiger partial charge in [-0.3, -0.25) is 4.98 Å². The quantitative estimate of drug-likeness (QED) is 0.336. The van der Waals surface area contributed by atoms with Crippen LogP contribution in [-0.4, -0.2) is 60.0 Å². The molecule has 0 aliphatic carbocycles. The van der Waals surface area contributed by atoms with Crippen LogP contribution in [0.2, 0.25) is 0 Å². The van der Waals surface area contributed by atoms with Crippen molar-refractivity contribution in [2.45, 2.75) is 13.8 Å². The van der Waals surface area contributed by atoms with Crippen LogP contribution in [0, 0.1) is 13.8 Å². The highest BCUT2D eigenvalue weighted by molar-refractivity contribution is 6.09. The van der Waals surface area contributed by atoms with Crippen LogP contribution >= 0.6 is 0 Å². The van der Waals surface area contributed by atoms with E-state index in [9.17, 15) is 0 Å². The molecule has 36 heavy (non-hydrogen) atoms. The van der Waals surface area contributed by atoms with E-state index in [1.165, 1.54) is 16.8 Å². The Bertz CT molecular complexity index is 1580. The van der Waals surface area contributed by atoms with Gasteiger partial charge in [0.05, 0.1) is 23.8 Å². The van der Waals surface area contributed by atoms with Crippen molar-refractivity contribution in [3.05, 3.63) is 78.0 Å². The van der Waals surface area contributed by atoms with Crippen molar-refractivity contribution in [2.75, 3.05) is 45.2 Å². The van der Waals surface area contributed by atoms with Crippen molar-refractivity contribution in [2.24, 2.45) is 0 Å². The lowest BCUT2D eigenvalue weighted by Crippen LogP contribution is -2.44. The molecular formula is C30H31N5O. The van der Waals surface area contributed by atoms with E-state index in [-0.39, 0.29) is 0 Å². The Kier molecular flexibility index (Phi) is 5.61. The summed E-state index contributed by atoms with van der Waals surface area (Å²) in [4.78, 5) is 9.65. The van der Waals surface area contributed by atoms with Crippen molar-refractivity contribution in [1.29, 1.82) is 0 Å². The molecule has 6 heteroatoms. The summed E-state index contributed by atoms with van der Waals surface area (Å²) in [6, 6.07) is 21.3. The number of piperazine rings is 1. The molecule has 1 aliphatic heterocycles. The van der Waals surface area contributed by atoms with Gasteiger partial charge in [-0.25, -0.2) is 4.68 Å². The third-order valence-corrected chi connectivity index (χ3v) is 7.44. The van der Waals surface area contributed by atoms with E-state index in [0.717, 1.165) is 70.7 Å². The molecule has 0 spiro atoms. The van der Waals surface area contributed by atoms with Gasteiger partial charge in [-0.1, -0.05) is 18.2 Å². The summed E-state index contributed by atoms with van der Waals surface area (Å²) in [6.07, 6.45) is 1.96. The molecule has 1 fully saturated rings. The molecule has 6 rings (SSSR count). The zero-order chi connectivity index (χ0) is 24.8. The Hall–Kier alpha value is -3.90. The zero-order valence-electron chi connectivity index (χ0n) is 21.3. The van der Waals surface area contributed by atoms with E-state index in [4.69, 9.17) is 14.8 Å². The number of aromatic nitrogens is 3. The first-order valence-corrected chi connectivity index (χ1v) is 12.5. The van der Waals surface area contributed by atoms with E-state index in [2.05, 4.69) is 83.9 Å². The van der Waals surface area contributed by atoms with Crippen LogP contribution in [0.4, 0.5) is 5.69 Å². The Morgan fingerprint density at radius 2 is 1.64 bits per heavy atom. The summed E-state index contributed by atoms with van der Waals surface area (Å²) >= 11 is 0. The van der Waals surface area contributed by atoms with Crippen LogP contribution in [0.3, 0.4) is 0 Å². The van der Waals surface area contributed by atoms with Gasteiger partial charge in [0.1, 0.15) is 11.4 Å². The number of rotatable bonds is 4. The number of aryl methyl sites for hydroxylation is 2. The number of hydrogen-bond acceptors (Lipinski definition) is 5. The van der Waals surface area contributed by atoms with Crippen LogP contribution in [0.5, 0.6) is 5.75 Å². The van der Waals surface area contributed by atoms with Gasteiger partial charge in [-0.05, 0) is 74.5 Å². The maximum absolute atomic E-state index is 5.57. The maximum Gasteiger partial charge on any atom is 0.119 e. The van der Waals surface area contributed by atoms with E-state index in [0.29, 0.717) is 0 Å². The Morgan fingerprint density at radius 3 is 2.42 bits per heavy atom. The molecule has 0 saturated carbocycles. The third kappa shape index (κ3) is 3.88. The number of methoxy groups -OCH3 is 1. The minimum absolute atomic E-state index is 0.809. The normalized spacial score (nSPS) is 14.6. The van der Waals surface area contributed by atoms with Crippen molar-refractivity contribution in [3.63, 3.8) is 0 Å². The summed E-state index contributed by atoms with van der Waals surface area (Å²) in [5.74, 6) is 0.809. The van der Waals surface area contributed by atoms with Crippen molar-refractivity contribution in [3.8, 4) is 22.7 Å². The van der Waals surface area contributed by atoms with E-state index >= 15 is 0 Å². The number of pyridine rings is 1. The average molecular weight is 478 g/mol. The van der Waals surface area contributed by atoms with Crippen molar-refractivity contribution in [1.82, 2.24) is 19.7 Å². The smallest absolute Gasteiger partial charge is 0.119 e. The highest BCUT2D eigenvalue weighted by Crippen LogP contribution is 2.36. The highest BCUT2D eigenvalue weighted by Gasteiger charge is 2.20. The first kappa shape index (κ1) is 22.6. The molecule has 0 N–H and O–H groups in total. The summed E-state index contributed by atoms with van der Waals surface area (Å²) in [5.41, 5.74) is 8.80. The van der Waals surface area contributed by atoms with Crippen LogP contribution < -0.4 is 9.64 Å². The number of benzene rings is 3. The number of anilines is 1. The molecule has 3 aromatic carbocycles. The van der Waals surface area contributed by atoms with Gasteiger partial charge in [-0.2, -0.15) is 5.10 Å². The van der Waals surface area contributed by atoms with Crippen molar-refractivity contribution >= 4 is 27.5 Å². The van der Waals surface area contributed by atoms with Gasteiger partial charge < -0.3 is 14.5 Å². The fraction of sp³-hybridized carbons (Fsp3) is 0.267. The summed E-state index contributed by atoms with van der Waals surface area (Å²) in [6.45, 7) is 8.50. The van der Waals surface area contributed by atoms with Gasteiger partial charge >= 0.3 is 0 Å². The molecular weight excluding hydrogens is 446 g/mol. The second-order valence-electron chi connectivity index (χ2n) is 9.77. The maximum atomic E-state index is 5.57. The number of hydrogen-bond donors (Lipinski definition) is 0. The molecule has 5 aromatic rings. The summed E-state index contributed by atoms with van der Waals surface area (Å²) in [5, 5.41) is 7.27. The van der Waals surface area contributed by atoms with E-state index in [1.807, 2.05) is 18.3 Å². The van der Waals surface area contributed by atoms with Gasteiger partial charge in [0, 0.05) is 54.4 Å². The summed E-state index contributed by atoms with van der Waals surface area (Å²) in [7, 11) is 3.89. The number of fused-ring (bicyclic) bond motifs is 3. The first-order valence-electron chi connectivity index (χ1n) is 12.5. The molecule has 182 valence electrons. The fourth-order valence-electron chi connectivity index (χ4n) is 5.06. The molecule has 0 radical (unpaired) electrons. The molecule has 6 nitrogen and oxygen atoms in total. The predicted octanol–water partition coefficient (Wildman–Crippen LogP) is 5.62. The second kappa shape index (κ2) is 8.95. The largest absolute Gasteiger partial charge is 0.497 e. The fourth-order valence-corrected chi connectivity index (χ4v) is 5.06. The zero-order valence-corrected chi connectivity index (χ0v) is 21.3. The highest BCUT2D eigenvalue weighted by atomic mass is 16.5. The molecule has 3 heterocycles. The molecule has 0 amide bonds. The predicted molar refractivity (Wildman–Crippen MR) is 148 cm³/mol. The summed E-state index contributed by atoms with van der Waals surface area (Å²) < 4.78 is 7.64. The standard InChI is InChI=1S/C30H31N5O/c1-20-8-9-24(16-21(20)2)35-30-26-18-25(36-4)10-11-28(26)31-19-27(30)29(32-35)22-6-5-7-23(17-22)34-14-12-33(3)13-15-34/h5-11,16-19H,12-15H2,1-4H3. The lowest BCUT2D eigenvalue weighted by molar-refractivity contribution is 0.313. The Morgan fingerprint density at radius 1 is 0.806 bits per heavy atom. The topological polar surface area (TPSA) is 46.4 Å². The molecule has 1 aliphatic rings. The second-order valence-corrected chi connectivity index (χ2v) is 9.77. The average Bonchev–Trinajstić information content (AvgIpc) is 3.31. The SMILES string of the molecule is COc1ccc2ncc3c(-c4cccc(N5CCN(C)CC5)c4)nn(-c4ccc(C)c(C)c4)c3c2c1. The van der Waals surface area contributed by atoms with E-state index in [1.54, 1.807) is 7.11 Å². The van der Waals surface area contributed by atoms with Crippen LogP contribution in [0.25, 0.3) is 38.8 Å². The lowest BCUT2D eigenvalue weighted by atomic mass is 10.1. The molecule has 0 unspecified atom stereocenters. The van der Waals surface area contributed by atoms with Crippen LogP contribution in [-0.2, 0) is 0 Å². The number of ether oxygens (including phenoxy) is 1.